The molecule has 0 aliphatic heterocycles. The van der Waals surface area contributed by atoms with Gasteiger partial charge >= 0.3 is 5.76 Å². The number of anilines is 1. The maximum Gasteiger partial charge on any atom is 0.419 e. The summed E-state index contributed by atoms with van der Waals surface area (Å²) in [5, 5.41) is 2.93. The third-order valence-electron chi connectivity index (χ3n) is 5.14. The lowest BCUT2D eigenvalue weighted by Gasteiger charge is -2.10. The highest BCUT2D eigenvalue weighted by Crippen LogP contribution is 2.20. The summed E-state index contributed by atoms with van der Waals surface area (Å²) >= 11 is 0. The number of benzene rings is 2. The van der Waals surface area contributed by atoms with Gasteiger partial charge in [0.1, 0.15) is 0 Å². The summed E-state index contributed by atoms with van der Waals surface area (Å²) in [6, 6.07) is 15.1. The van der Waals surface area contributed by atoms with Crippen LogP contribution in [0.1, 0.15) is 26.2 Å². The lowest BCUT2D eigenvalue weighted by molar-refractivity contribution is -0.116. The van der Waals surface area contributed by atoms with Crippen molar-refractivity contribution in [3.05, 3.63) is 59.1 Å². The maximum atomic E-state index is 12.6. The Hall–Kier alpha value is -3.39. The van der Waals surface area contributed by atoms with Gasteiger partial charge in [0.15, 0.2) is 5.58 Å². The third-order valence-corrected chi connectivity index (χ3v) is 5.14. The Morgan fingerprint density at radius 3 is 2.61 bits per heavy atom. The van der Waals surface area contributed by atoms with Crippen LogP contribution in [0.4, 0.5) is 5.95 Å². The molecule has 0 aliphatic carbocycles. The van der Waals surface area contributed by atoms with Gasteiger partial charge in [-0.2, -0.15) is 0 Å². The molecule has 8 heteroatoms. The van der Waals surface area contributed by atoms with Crippen molar-refractivity contribution in [2.24, 2.45) is 0 Å². The maximum absolute atomic E-state index is 12.6. The topological polar surface area (TPSA) is 91.3 Å². The molecule has 0 saturated carbocycles. The van der Waals surface area contributed by atoms with Gasteiger partial charge in [-0.15, -0.1) is 0 Å². The Labute approximate surface area is 179 Å². The number of oxazole rings is 1. The minimum atomic E-state index is -0.405. The van der Waals surface area contributed by atoms with E-state index < -0.39 is 5.76 Å². The number of carbonyl (C=O) groups excluding carboxylic acids is 1. The van der Waals surface area contributed by atoms with Crippen molar-refractivity contribution in [2.75, 3.05) is 18.5 Å². The van der Waals surface area contributed by atoms with Crippen molar-refractivity contribution in [1.82, 2.24) is 14.1 Å². The van der Waals surface area contributed by atoms with Crippen LogP contribution in [-0.2, 0) is 22.6 Å². The molecule has 2 aromatic heterocycles. The number of nitrogens with one attached hydrogen (secondary N) is 1. The molecular formula is C23H26N4O4. The molecule has 0 radical (unpaired) electrons. The molecule has 2 aromatic carbocycles. The second kappa shape index (κ2) is 9.61. The molecule has 0 fully saturated rings. The predicted molar refractivity (Wildman–Crippen MR) is 119 cm³/mol. The molecular weight excluding hydrogens is 396 g/mol. The second-order valence-electron chi connectivity index (χ2n) is 7.27. The van der Waals surface area contributed by atoms with Gasteiger partial charge in [-0.1, -0.05) is 24.3 Å². The molecule has 0 aliphatic rings. The predicted octanol–water partition coefficient (Wildman–Crippen LogP) is 3.79. The molecule has 0 spiro atoms. The van der Waals surface area contributed by atoms with Crippen LogP contribution in [0.2, 0.25) is 0 Å². The summed E-state index contributed by atoms with van der Waals surface area (Å²) in [4.78, 5) is 29.2. The standard InChI is InChI=1S/C23H26N4O4/c1-2-30-16-8-15-26-18-10-4-3-9-17(18)24-22(26)25-21(28)13-7-14-27-19-11-5-6-12-20(19)31-23(27)29/h3-6,9-12H,2,7-8,13-16H2,1H3,(H,24,25,28). The molecule has 31 heavy (non-hydrogen) atoms. The number of hydrogen-bond acceptors (Lipinski definition) is 5. The first-order valence-corrected chi connectivity index (χ1v) is 10.6. The molecule has 4 aromatic rings. The summed E-state index contributed by atoms with van der Waals surface area (Å²) in [5.74, 6) is -0.00598. The fraction of sp³-hybridized carbons (Fsp3) is 0.348. The zero-order chi connectivity index (χ0) is 21.6. The van der Waals surface area contributed by atoms with Gasteiger partial charge in [-0.25, -0.2) is 9.78 Å². The van der Waals surface area contributed by atoms with Crippen LogP contribution in [0.25, 0.3) is 22.1 Å². The van der Waals surface area contributed by atoms with Crippen LogP contribution in [0.5, 0.6) is 0 Å². The van der Waals surface area contributed by atoms with E-state index in [0.717, 1.165) is 23.0 Å². The van der Waals surface area contributed by atoms with Gasteiger partial charge in [-0.3, -0.25) is 14.7 Å². The molecule has 0 saturated heterocycles. The molecule has 162 valence electrons. The van der Waals surface area contributed by atoms with Crippen molar-refractivity contribution in [3.8, 4) is 0 Å². The number of fused-ring (bicyclic) bond motifs is 2. The van der Waals surface area contributed by atoms with Gasteiger partial charge in [0.05, 0.1) is 16.6 Å². The van der Waals surface area contributed by atoms with Crippen LogP contribution in [0, 0.1) is 0 Å². The van der Waals surface area contributed by atoms with Crippen LogP contribution >= 0.6 is 0 Å². The highest BCUT2D eigenvalue weighted by molar-refractivity contribution is 5.91. The summed E-state index contributed by atoms with van der Waals surface area (Å²) in [5.41, 5.74) is 3.11. The zero-order valence-corrected chi connectivity index (χ0v) is 17.5. The zero-order valence-electron chi connectivity index (χ0n) is 17.5. The average Bonchev–Trinajstić information content (AvgIpc) is 3.28. The van der Waals surface area contributed by atoms with E-state index in [1.807, 2.05) is 54.0 Å². The number of nitrogens with zero attached hydrogens (tertiary/aromatic N) is 3. The second-order valence-corrected chi connectivity index (χ2v) is 7.27. The number of ether oxygens (including phenoxy) is 1. The van der Waals surface area contributed by atoms with Gasteiger partial charge in [-0.05, 0) is 44.0 Å². The average molecular weight is 422 g/mol. The molecule has 0 unspecified atom stereocenters. The van der Waals surface area contributed by atoms with Crippen molar-refractivity contribution >= 4 is 34.0 Å². The summed E-state index contributed by atoms with van der Waals surface area (Å²) < 4.78 is 14.3. The first-order valence-electron chi connectivity index (χ1n) is 10.6. The smallest absolute Gasteiger partial charge is 0.408 e. The normalized spacial score (nSPS) is 11.4. The lowest BCUT2D eigenvalue weighted by atomic mass is 10.2. The molecule has 8 nitrogen and oxygen atoms in total. The van der Waals surface area contributed by atoms with E-state index >= 15 is 0 Å². The molecule has 0 atom stereocenters. The van der Waals surface area contributed by atoms with E-state index in [1.165, 1.54) is 0 Å². The third kappa shape index (κ3) is 4.69. The number of rotatable bonds is 10. The van der Waals surface area contributed by atoms with Crippen molar-refractivity contribution < 1.29 is 13.9 Å². The van der Waals surface area contributed by atoms with E-state index in [0.29, 0.717) is 44.3 Å². The van der Waals surface area contributed by atoms with E-state index in [1.54, 1.807) is 10.6 Å². The van der Waals surface area contributed by atoms with Crippen LogP contribution in [0.15, 0.2) is 57.7 Å². The Bertz CT molecular complexity index is 1240. The number of para-hydroxylation sites is 4. The largest absolute Gasteiger partial charge is 0.419 e. The fourth-order valence-electron chi connectivity index (χ4n) is 3.68. The number of aromatic nitrogens is 3. The van der Waals surface area contributed by atoms with E-state index in [2.05, 4.69) is 10.3 Å². The van der Waals surface area contributed by atoms with E-state index in [4.69, 9.17) is 9.15 Å². The Morgan fingerprint density at radius 1 is 1.03 bits per heavy atom. The molecule has 1 N–H and O–H groups in total. The van der Waals surface area contributed by atoms with Gasteiger partial charge in [0.2, 0.25) is 11.9 Å². The number of hydrogen-bond donors (Lipinski definition) is 1. The molecule has 4 rings (SSSR count). The summed E-state index contributed by atoms with van der Waals surface area (Å²) in [6.45, 7) is 4.42. The van der Waals surface area contributed by atoms with E-state index in [-0.39, 0.29) is 12.3 Å². The van der Waals surface area contributed by atoms with Gasteiger partial charge in [0, 0.05) is 32.7 Å². The van der Waals surface area contributed by atoms with Crippen LogP contribution < -0.4 is 11.1 Å². The Morgan fingerprint density at radius 2 is 1.77 bits per heavy atom. The monoisotopic (exact) mass is 422 g/mol. The Kier molecular flexibility index (Phi) is 6.47. The molecule has 0 bridgehead atoms. The fourth-order valence-corrected chi connectivity index (χ4v) is 3.68. The van der Waals surface area contributed by atoms with Crippen LogP contribution in [0.3, 0.4) is 0 Å². The van der Waals surface area contributed by atoms with Crippen molar-refractivity contribution in [3.63, 3.8) is 0 Å². The highest BCUT2D eigenvalue weighted by Gasteiger charge is 2.14. The number of amides is 1. The van der Waals surface area contributed by atoms with Gasteiger partial charge < -0.3 is 13.7 Å². The number of imidazole rings is 1. The van der Waals surface area contributed by atoms with Gasteiger partial charge in [0.25, 0.3) is 0 Å². The first-order chi connectivity index (χ1) is 15.2. The first kappa shape index (κ1) is 20.9. The summed E-state index contributed by atoms with van der Waals surface area (Å²) in [6.07, 6.45) is 1.61. The van der Waals surface area contributed by atoms with E-state index in [9.17, 15) is 9.59 Å². The van der Waals surface area contributed by atoms with Crippen LogP contribution in [-0.4, -0.2) is 33.2 Å². The minimum absolute atomic E-state index is 0.137. The number of aryl methyl sites for hydroxylation is 2. The number of carbonyl (C=O) groups is 1. The molecule has 2 heterocycles. The van der Waals surface area contributed by atoms with Crippen molar-refractivity contribution in [2.45, 2.75) is 39.3 Å². The quantitative estimate of drug-likeness (QED) is 0.393. The SMILES string of the molecule is CCOCCCn1c(NC(=O)CCCn2c(=O)oc3ccccc32)nc2ccccc21. The van der Waals surface area contributed by atoms with Crippen molar-refractivity contribution in [1.29, 1.82) is 0 Å². The summed E-state index contributed by atoms with van der Waals surface area (Å²) in [7, 11) is 0. The lowest BCUT2D eigenvalue weighted by Crippen LogP contribution is -2.19. The molecule has 1 amide bonds. The Balaban J connectivity index is 1.41. The highest BCUT2D eigenvalue weighted by atomic mass is 16.5. The minimum Gasteiger partial charge on any atom is -0.408 e.